The number of likely N-dealkylation sites (tertiary alicyclic amines) is 1. The zero-order valence-electron chi connectivity index (χ0n) is 17.1. The summed E-state index contributed by atoms with van der Waals surface area (Å²) in [6, 6.07) is 5.59. The fraction of sp³-hybridized carbons (Fsp3) is 0.696. The summed E-state index contributed by atoms with van der Waals surface area (Å²) in [5.41, 5.74) is 5.87. The Hall–Kier alpha value is -1.66. The molecule has 4 fully saturated rings. The van der Waals surface area contributed by atoms with E-state index in [1.165, 1.54) is 50.7 Å². The molecule has 1 amide bonds. The van der Waals surface area contributed by atoms with Crippen LogP contribution < -0.4 is 10.5 Å². The molecule has 2 N–H and O–H groups in total. The van der Waals surface area contributed by atoms with Crippen LogP contribution in [0.4, 0.5) is 4.39 Å². The lowest BCUT2D eigenvalue weighted by Gasteiger charge is -2.55. The molecular formula is C23H32FN3O2. The number of carbonyl (C=O) groups excluding carboxylic acids is 1. The Kier molecular flexibility index (Phi) is 5.25. The predicted molar refractivity (Wildman–Crippen MR) is 109 cm³/mol. The molecule has 0 spiro atoms. The predicted octanol–water partition coefficient (Wildman–Crippen LogP) is 2.89. The summed E-state index contributed by atoms with van der Waals surface area (Å²) in [4.78, 5) is 18.1. The maximum atomic E-state index is 13.9. The first-order chi connectivity index (χ1) is 14.1. The number of benzene rings is 1. The third-order valence-corrected chi connectivity index (χ3v) is 7.44. The van der Waals surface area contributed by atoms with Gasteiger partial charge in [-0.05, 0) is 68.1 Å². The molecule has 1 aliphatic carbocycles. The molecule has 1 aromatic carbocycles. The minimum Gasteiger partial charge on any atom is -0.491 e. The van der Waals surface area contributed by atoms with Crippen molar-refractivity contribution in [2.75, 3.05) is 32.8 Å². The van der Waals surface area contributed by atoms with Crippen LogP contribution in [0.1, 0.15) is 48.9 Å². The molecule has 0 unspecified atom stereocenters. The van der Waals surface area contributed by atoms with Crippen molar-refractivity contribution >= 4 is 5.91 Å². The molecule has 1 aromatic rings. The Morgan fingerprint density at radius 3 is 2.66 bits per heavy atom. The van der Waals surface area contributed by atoms with Crippen molar-refractivity contribution in [3.63, 3.8) is 0 Å². The van der Waals surface area contributed by atoms with Gasteiger partial charge in [0.05, 0.1) is 5.56 Å². The highest BCUT2D eigenvalue weighted by Gasteiger charge is 2.48. The zero-order valence-corrected chi connectivity index (χ0v) is 17.1. The molecule has 5 rings (SSSR count). The monoisotopic (exact) mass is 401 g/mol. The van der Waals surface area contributed by atoms with E-state index in [2.05, 4.69) is 4.90 Å². The summed E-state index contributed by atoms with van der Waals surface area (Å²) < 4.78 is 19.5. The number of halogens is 1. The molecule has 4 aliphatic rings. The number of hydrogen-bond acceptors (Lipinski definition) is 4. The molecule has 2 bridgehead atoms. The molecule has 0 aromatic heterocycles. The second-order valence-electron chi connectivity index (χ2n) is 9.45. The molecule has 3 aliphatic heterocycles. The summed E-state index contributed by atoms with van der Waals surface area (Å²) in [6.07, 6.45) is 7.96. The molecule has 3 heterocycles. The van der Waals surface area contributed by atoms with Crippen molar-refractivity contribution < 1.29 is 13.9 Å². The van der Waals surface area contributed by atoms with Crippen LogP contribution in [0.2, 0.25) is 0 Å². The van der Waals surface area contributed by atoms with Crippen LogP contribution >= 0.6 is 0 Å². The van der Waals surface area contributed by atoms with Crippen LogP contribution in [0.5, 0.6) is 5.75 Å². The fourth-order valence-electron chi connectivity index (χ4n) is 6.13. The van der Waals surface area contributed by atoms with Crippen LogP contribution in [0.3, 0.4) is 0 Å². The first kappa shape index (κ1) is 19.3. The first-order valence-electron chi connectivity index (χ1n) is 11.3. The third-order valence-electron chi connectivity index (χ3n) is 7.44. The van der Waals surface area contributed by atoms with Crippen LogP contribution in [0.25, 0.3) is 0 Å². The van der Waals surface area contributed by atoms with Crippen LogP contribution in [0.15, 0.2) is 18.2 Å². The summed E-state index contributed by atoms with van der Waals surface area (Å²) in [5, 5.41) is 0. The number of carbonyl (C=O) groups is 1. The van der Waals surface area contributed by atoms with E-state index in [9.17, 15) is 9.18 Å². The van der Waals surface area contributed by atoms with Crippen LogP contribution in [-0.2, 0) is 0 Å². The summed E-state index contributed by atoms with van der Waals surface area (Å²) in [6.45, 7) is 3.34. The maximum Gasteiger partial charge on any atom is 0.257 e. The minimum absolute atomic E-state index is 0.103. The standard InChI is InChI=1S/C23H32FN3O2/c24-18-6-7-22(29-9-8-25)19(11-18)23(28)26-12-15-10-17(14-26)21-3-1-2-20(16-4-5-16)27(21)13-15/h6-7,11,15-17,20-21H,1-5,8-10,12-14,25H2/t15-,17+,20+,21-/m0/s1. The summed E-state index contributed by atoms with van der Waals surface area (Å²) in [5.74, 6) is 1.91. The molecular weight excluding hydrogens is 369 g/mol. The minimum atomic E-state index is -0.406. The Morgan fingerprint density at radius 1 is 1.10 bits per heavy atom. The molecule has 3 saturated heterocycles. The number of nitrogens with two attached hydrogens (primary N) is 1. The van der Waals surface area contributed by atoms with E-state index in [0.717, 1.165) is 31.6 Å². The van der Waals surface area contributed by atoms with Gasteiger partial charge in [-0.15, -0.1) is 0 Å². The van der Waals surface area contributed by atoms with Crippen molar-refractivity contribution in [2.45, 2.75) is 50.6 Å². The van der Waals surface area contributed by atoms with Crippen molar-refractivity contribution in [2.24, 2.45) is 23.5 Å². The summed E-state index contributed by atoms with van der Waals surface area (Å²) >= 11 is 0. The molecule has 1 saturated carbocycles. The number of amides is 1. The number of nitrogens with zero attached hydrogens (tertiary/aromatic N) is 2. The molecule has 5 nitrogen and oxygen atoms in total. The second-order valence-corrected chi connectivity index (χ2v) is 9.45. The van der Waals surface area contributed by atoms with Gasteiger partial charge in [-0.1, -0.05) is 6.42 Å². The van der Waals surface area contributed by atoms with Gasteiger partial charge in [0.15, 0.2) is 0 Å². The van der Waals surface area contributed by atoms with Gasteiger partial charge >= 0.3 is 0 Å². The van der Waals surface area contributed by atoms with Gasteiger partial charge in [0, 0.05) is 38.3 Å². The van der Waals surface area contributed by atoms with Gasteiger partial charge in [-0.25, -0.2) is 4.39 Å². The number of fused-ring (bicyclic) bond motifs is 4. The van der Waals surface area contributed by atoms with E-state index in [0.29, 0.717) is 42.3 Å². The lowest BCUT2D eigenvalue weighted by molar-refractivity contribution is -0.0551. The second kappa shape index (κ2) is 7.88. The topological polar surface area (TPSA) is 58.8 Å². The highest BCUT2D eigenvalue weighted by atomic mass is 19.1. The third kappa shape index (κ3) is 3.77. The highest BCUT2D eigenvalue weighted by molar-refractivity contribution is 5.97. The van der Waals surface area contributed by atoms with Crippen molar-refractivity contribution in [3.05, 3.63) is 29.6 Å². The molecule has 29 heavy (non-hydrogen) atoms. The van der Waals surface area contributed by atoms with Gasteiger partial charge in [0.1, 0.15) is 18.2 Å². The van der Waals surface area contributed by atoms with E-state index in [1.54, 1.807) is 6.07 Å². The Balaban J connectivity index is 1.34. The molecule has 6 heteroatoms. The van der Waals surface area contributed by atoms with Gasteiger partial charge in [0.2, 0.25) is 0 Å². The molecule has 158 valence electrons. The maximum absolute atomic E-state index is 13.9. The lowest BCUT2D eigenvalue weighted by atomic mass is 9.74. The van der Waals surface area contributed by atoms with Crippen molar-refractivity contribution in [1.29, 1.82) is 0 Å². The molecule has 4 atom stereocenters. The van der Waals surface area contributed by atoms with Crippen LogP contribution in [-0.4, -0.2) is 60.6 Å². The Bertz CT molecular complexity index is 768. The summed E-state index contributed by atoms with van der Waals surface area (Å²) in [7, 11) is 0. The van der Waals surface area contributed by atoms with E-state index in [1.807, 2.05) is 4.90 Å². The number of ether oxygens (including phenoxy) is 1. The largest absolute Gasteiger partial charge is 0.491 e. The van der Waals surface area contributed by atoms with Gasteiger partial charge in [-0.3, -0.25) is 9.69 Å². The number of hydrogen-bond donors (Lipinski definition) is 1. The first-order valence-corrected chi connectivity index (χ1v) is 11.3. The van der Waals surface area contributed by atoms with E-state index < -0.39 is 5.82 Å². The highest BCUT2D eigenvalue weighted by Crippen LogP contribution is 2.46. The molecule has 0 radical (unpaired) electrons. The van der Waals surface area contributed by atoms with Gasteiger partial charge in [-0.2, -0.15) is 0 Å². The van der Waals surface area contributed by atoms with E-state index in [-0.39, 0.29) is 5.91 Å². The SMILES string of the molecule is NCCOc1ccc(F)cc1C(=O)N1C[C@@H]2C[C@H](C1)[C@@H]1CCC[C@H](C3CC3)N1C2. The van der Waals surface area contributed by atoms with E-state index in [4.69, 9.17) is 10.5 Å². The van der Waals surface area contributed by atoms with Gasteiger partial charge < -0.3 is 15.4 Å². The van der Waals surface area contributed by atoms with E-state index >= 15 is 0 Å². The number of rotatable bonds is 5. The van der Waals surface area contributed by atoms with Crippen LogP contribution in [0, 0.1) is 23.6 Å². The van der Waals surface area contributed by atoms with Gasteiger partial charge in [0.25, 0.3) is 5.91 Å². The average Bonchev–Trinajstić information content (AvgIpc) is 3.57. The lowest BCUT2D eigenvalue weighted by Crippen LogP contribution is -2.62. The smallest absolute Gasteiger partial charge is 0.257 e. The van der Waals surface area contributed by atoms with Crippen molar-refractivity contribution in [1.82, 2.24) is 9.80 Å². The fourth-order valence-corrected chi connectivity index (χ4v) is 6.13. The van der Waals surface area contributed by atoms with Crippen molar-refractivity contribution in [3.8, 4) is 5.75 Å². The zero-order chi connectivity index (χ0) is 20.0. The quantitative estimate of drug-likeness (QED) is 0.824. The average molecular weight is 402 g/mol. The normalized spacial score (nSPS) is 32.0. The Morgan fingerprint density at radius 2 is 1.90 bits per heavy atom. The number of piperidine rings is 3. The Labute approximate surface area is 172 Å².